The van der Waals surface area contributed by atoms with E-state index in [9.17, 15) is 4.79 Å². The number of hydrogen-bond donors (Lipinski definition) is 1. The number of carboxylic acids is 1. The average Bonchev–Trinajstić information content (AvgIpc) is 2.52. The van der Waals surface area contributed by atoms with E-state index in [2.05, 4.69) is 0 Å². The Bertz CT molecular complexity index is 300. The van der Waals surface area contributed by atoms with Crippen molar-refractivity contribution in [2.75, 3.05) is 0 Å². The van der Waals surface area contributed by atoms with E-state index < -0.39 is 5.97 Å². The van der Waals surface area contributed by atoms with Gasteiger partial charge in [0, 0.05) is 5.92 Å². The van der Waals surface area contributed by atoms with Gasteiger partial charge < -0.3 is 9.52 Å². The first-order valence-corrected chi connectivity index (χ1v) is 4.05. The number of aliphatic carboxylic acids is 1. The molecule has 2 rings (SSSR count). The van der Waals surface area contributed by atoms with Gasteiger partial charge in [-0.15, -0.1) is 0 Å². The van der Waals surface area contributed by atoms with Crippen molar-refractivity contribution in [2.45, 2.75) is 25.2 Å². The van der Waals surface area contributed by atoms with Gasteiger partial charge in [0.15, 0.2) is 0 Å². The standard InChI is InChI=1S/C9H10O3/c10-8(11)5-7-2-1-6-3-4-12-9(6)7/h3-4,7H,1-2,5H2,(H,10,11). The van der Waals surface area contributed by atoms with Crippen LogP contribution in [0, 0.1) is 0 Å². The summed E-state index contributed by atoms with van der Waals surface area (Å²) in [6, 6.07) is 1.93. The second-order valence-electron chi connectivity index (χ2n) is 3.14. The highest BCUT2D eigenvalue weighted by Gasteiger charge is 2.27. The second-order valence-corrected chi connectivity index (χ2v) is 3.14. The number of aryl methyl sites for hydroxylation is 1. The molecule has 1 aliphatic carbocycles. The molecule has 0 bridgehead atoms. The Morgan fingerprint density at radius 3 is 3.33 bits per heavy atom. The van der Waals surface area contributed by atoms with Crippen LogP contribution in [0.4, 0.5) is 0 Å². The van der Waals surface area contributed by atoms with Crippen molar-refractivity contribution in [3.63, 3.8) is 0 Å². The van der Waals surface area contributed by atoms with Crippen LogP contribution in [0.15, 0.2) is 16.7 Å². The number of carbonyl (C=O) groups is 1. The van der Waals surface area contributed by atoms with E-state index in [-0.39, 0.29) is 12.3 Å². The quantitative estimate of drug-likeness (QED) is 0.728. The van der Waals surface area contributed by atoms with E-state index >= 15 is 0 Å². The SMILES string of the molecule is O=C(O)CC1CCc2ccoc21. The fourth-order valence-corrected chi connectivity index (χ4v) is 1.78. The summed E-state index contributed by atoms with van der Waals surface area (Å²) >= 11 is 0. The maximum absolute atomic E-state index is 10.4. The summed E-state index contributed by atoms with van der Waals surface area (Å²) in [5.74, 6) is 0.245. The van der Waals surface area contributed by atoms with Gasteiger partial charge in [0.25, 0.3) is 0 Å². The van der Waals surface area contributed by atoms with Crippen molar-refractivity contribution >= 4 is 5.97 Å². The Morgan fingerprint density at radius 1 is 1.75 bits per heavy atom. The predicted molar refractivity (Wildman–Crippen MR) is 42.0 cm³/mol. The maximum atomic E-state index is 10.4. The molecule has 3 heteroatoms. The third-order valence-electron chi connectivity index (χ3n) is 2.33. The lowest BCUT2D eigenvalue weighted by atomic mass is 10.0. The van der Waals surface area contributed by atoms with Crippen LogP contribution < -0.4 is 0 Å². The fraction of sp³-hybridized carbons (Fsp3) is 0.444. The van der Waals surface area contributed by atoms with Crippen LogP contribution in [0.2, 0.25) is 0 Å². The van der Waals surface area contributed by atoms with E-state index in [4.69, 9.17) is 9.52 Å². The van der Waals surface area contributed by atoms with Gasteiger partial charge >= 0.3 is 5.97 Å². The molecular formula is C9H10O3. The van der Waals surface area contributed by atoms with Crippen molar-refractivity contribution < 1.29 is 14.3 Å². The van der Waals surface area contributed by atoms with Gasteiger partial charge in [0.2, 0.25) is 0 Å². The Labute approximate surface area is 70.0 Å². The number of furan rings is 1. The molecule has 1 N–H and O–H groups in total. The predicted octanol–water partition coefficient (Wildman–Crippen LogP) is 1.78. The summed E-state index contributed by atoms with van der Waals surface area (Å²) in [6.45, 7) is 0. The molecule has 1 heterocycles. The van der Waals surface area contributed by atoms with Crippen molar-refractivity contribution in [1.82, 2.24) is 0 Å². The molecule has 0 saturated carbocycles. The topological polar surface area (TPSA) is 50.4 Å². The maximum Gasteiger partial charge on any atom is 0.304 e. The Kier molecular flexibility index (Phi) is 1.64. The van der Waals surface area contributed by atoms with Crippen molar-refractivity contribution in [2.24, 2.45) is 0 Å². The molecule has 3 nitrogen and oxygen atoms in total. The highest BCUT2D eigenvalue weighted by molar-refractivity contribution is 5.68. The number of rotatable bonds is 2. The van der Waals surface area contributed by atoms with Gasteiger partial charge in [-0.3, -0.25) is 4.79 Å². The molecular weight excluding hydrogens is 156 g/mol. The molecule has 1 aromatic heterocycles. The number of hydrogen-bond acceptors (Lipinski definition) is 2. The summed E-state index contributed by atoms with van der Waals surface area (Å²) in [7, 11) is 0. The van der Waals surface area contributed by atoms with E-state index in [0.29, 0.717) is 0 Å². The lowest BCUT2D eigenvalue weighted by molar-refractivity contribution is -0.137. The van der Waals surface area contributed by atoms with Crippen LogP contribution in [0.25, 0.3) is 0 Å². The molecule has 1 unspecified atom stereocenters. The Balaban J connectivity index is 2.17. The summed E-state index contributed by atoms with van der Waals surface area (Å²) < 4.78 is 5.23. The first kappa shape index (κ1) is 7.40. The summed E-state index contributed by atoms with van der Waals surface area (Å²) in [6.07, 6.45) is 3.71. The summed E-state index contributed by atoms with van der Waals surface area (Å²) in [5.41, 5.74) is 1.18. The minimum absolute atomic E-state index is 0.104. The highest BCUT2D eigenvalue weighted by atomic mass is 16.4. The van der Waals surface area contributed by atoms with E-state index in [1.165, 1.54) is 5.56 Å². The molecule has 0 aliphatic heterocycles. The smallest absolute Gasteiger partial charge is 0.304 e. The number of carboxylic acid groups (broad SMARTS) is 1. The summed E-state index contributed by atoms with van der Waals surface area (Å²) in [5, 5.41) is 8.60. The molecule has 12 heavy (non-hydrogen) atoms. The van der Waals surface area contributed by atoms with Crippen LogP contribution in [-0.2, 0) is 11.2 Å². The monoisotopic (exact) mass is 166 g/mol. The van der Waals surface area contributed by atoms with Crippen LogP contribution >= 0.6 is 0 Å². The van der Waals surface area contributed by atoms with Gasteiger partial charge in [-0.2, -0.15) is 0 Å². The van der Waals surface area contributed by atoms with Gasteiger partial charge in [0.05, 0.1) is 12.7 Å². The molecule has 1 aromatic rings. The van der Waals surface area contributed by atoms with Gasteiger partial charge in [-0.25, -0.2) is 0 Å². The molecule has 0 fully saturated rings. The third kappa shape index (κ3) is 1.11. The Morgan fingerprint density at radius 2 is 2.58 bits per heavy atom. The lowest BCUT2D eigenvalue weighted by Crippen LogP contribution is -2.02. The van der Waals surface area contributed by atoms with Gasteiger partial charge in [-0.1, -0.05) is 0 Å². The fourth-order valence-electron chi connectivity index (χ4n) is 1.78. The molecule has 1 aliphatic rings. The van der Waals surface area contributed by atoms with Crippen LogP contribution in [-0.4, -0.2) is 11.1 Å². The van der Waals surface area contributed by atoms with Crippen molar-refractivity contribution in [3.05, 3.63) is 23.7 Å². The second kappa shape index (κ2) is 2.66. The first-order chi connectivity index (χ1) is 5.77. The minimum Gasteiger partial charge on any atom is -0.481 e. The molecule has 0 spiro atoms. The van der Waals surface area contributed by atoms with Crippen LogP contribution in [0.1, 0.15) is 30.1 Å². The molecule has 0 radical (unpaired) electrons. The molecule has 1 atom stereocenters. The zero-order valence-electron chi connectivity index (χ0n) is 6.62. The zero-order chi connectivity index (χ0) is 8.55. The normalized spacial score (nSPS) is 20.8. The lowest BCUT2D eigenvalue weighted by Gasteiger charge is -2.03. The largest absolute Gasteiger partial charge is 0.481 e. The average molecular weight is 166 g/mol. The molecule has 64 valence electrons. The van der Waals surface area contributed by atoms with Crippen LogP contribution in [0.3, 0.4) is 0 Å². The molecule has 0 saturated heterocycles. The zero-order valence-corrected chi connectivity index (χ0v) is 6.62. The summed E-state index contributed by atoms with van der Waals surface area (Å²) in [4.78, 5) is 10.4. The minimum atomic E-state index is -0.746. The Hall–Kier alpha value is -1.25. The number of fused-ring (bicyclic) bond motifs is 1. The van der Waals surface area contributed by atoms with Gasteiger partial charge in [-0.05, 0) is 24.5 Å². The highest BCUT2D eigenvalue weighted by Crippen LogP contribution is 2.35. The van der Waals surface area contributed by atoms with Crippen LogP contribution in [0.5, 0.6) is 0 Å². The van der Waals surface area contributed by atoms with E-state index in [0.717, 1.165) is 18.6 Å². The molecule has 0 amide bonds. The van der Waals surface area contributed by atoms with Gasteiger partial charge in [0.1, 0.15) is 5.76 Å². The molecule has 0 aromatic carbocycles. The van der Waals surface area contributed by atoms with E-state index in [1.54, 1.807) is 6.26 Å². The van der Waals surface area contributed by atoms with E-state index in [1.807, 2.05) is 6.07 Å². The first-order valence-electron chi connectivity index (χ1n) is 4.05. The van der Waals surface area contributed by atoms with Crippen molar-refractivity contribution in [1.29, 1.82) is 0 Å². The van der Waals surface area contributed by atoms with Crippen molar-refractivity contribution in [3.8, 4) is 0 Å². The third-order valence-corrected chi connectivity index (χ3v) is 2.33.